The molecule has 2 aromatic rings. The third-order valence-corrected chi connectivity index (χ3v) is 4.65. The summed E-state index contributed by atoms with van der Waals surface area (Å²) in [6.07, 6.45) is 3.77. The molecule has 1 saturated heterocycles. The van der Waals surface area contributed by atoms with Crippen molar-refractivity contribution in [1.29, 1.82) is 0 Å². The highest BCUT2D eigenvalue weighted by molar-refractivity contribution is 5.07. The molecule has 3 rings (SSSR count). The van der Waals surface area contributed by atoms with Gasteiger partial charge in [-0.05, 0) is 53.1 Å². The van der Waals surface area contributed by atoms with Crippen LogP contribution in [0.4, 0.5) is 0 Å². The van der Waals surface area contributed by atoms with E-state index in [2.05, 4.69) is 39.6 Å². The monoisotopic (exact) mass is 302 g/mol. The first-order chi connectivity index (χ1) is 10.5. The quantitative estimate of drug-likeness (QED) is 0.870. The Hall–Kier alpha value is -1.62. The van der Waals surface area contributed by atoms with Crippen molar-refractivity contribution in [3.05, 3.63) is 34.8 Å². The van der Waals surface area contributed by atoms with Gasteiger partial charge in [0.15, 0.2) is 0 Å². The summed E-state index contributed by atoms with van der Waals surface area (Å²) in [5.74, 6) is 1.78. The lowest BCUT2D eigenvalue weighted by atomic mass is 10.0. The van der Waals surface area contributed by atoms with Crippen molar-refractivity contribution in [3.63, 3.8) is 0 Å². The minimum atomic E-state index is 0.513. The van der Waals surface area contributed by atoms with Crippen molar-refractivity contribution < 1.29 is 4.42 Å². The van der Waals surface area contributed by atoms with Crippen LogP contribution < -0.4 is 0 Å². The van der Waals surface area contributed by atoms with Crippen molar-refractivity contribution >= 4 is 0 Å². The van der Waals surface area contributed by atoms with Gasteiger partial charge in [0.05, 0.1) is 24.5 Å². The van der Waals surface area contributed by atoms with Crippen LogP contribution in [0.3, 0.4) is 0 Å². The minimum absolute atomic E-state index is 0.513. The SMILES string of the molecule is Cc1cc(C)n(CC2CCCCN2Cc2nc(C)c(C)o2)n1. The van der Waals surface area contributed by atoms with Gasteiger partial charge in [0.1, 0.15) is 5.76 Å². The molecule has 0 bridgehead atoms. The Bertz CT molecular complexity index is 624. The summed E-state index contributed by atoms with van der Waals surface area (Å²) in [7, 11) is 0. The van der Waals surface area contributed by atoms with E-state index < -0.39 is 0 Å². The van der Waals surface area contributed by atoms with Gasteiger partial charge in [-0.15, -0.1) is 0 Å². The maximum Gasteiger partial charge on any atom is 0.208 e. The molecule has 120 valence electrons. The van der Waals surface area contributed by atoms with E-state index >= 15 is 0 Å². The fourth-order valence-corrected chi connectivity index (χ4v) is 3.31. The molecule has 1 unspecified atom stereocenters. The average molecular weight is 302 g/mol. The Morgan fingerprint density at radius 2 is 2.05 bits per heavy atom. The third kappa shape index (κ3) is 3.24. The van der Waals surface area contributed by atoms with Crippen LogP contribution in [0.25, 0.3) is 0 Å². The van der Waals surface area contributed by atoms with Crippen molar-refractivity contribution in [2.24, 2.45) is 0 Å². The second kappa shape index (κ2) is 6.24. The number of aryl methyl sites for hydroxylation is 4. The fourth-order valence-electron chi connectivity index (χ4n) is 3.31. The number of rotatable bonds is 4. The molecule has 1 aliphatic rings. The van der Waals surface area contributed by atoms with Gasteiger partial charge in [0.2, 0.25) is 5.89 Å². The van der Waals surface area contributed by atoms with E-state index in [0.29, 0.717) is 6.04 Å². The van der Waals surface area contributed by atoms with Gasteiger partial charge in [-0.1, -0.05) is 6.42 Å². The normalized spacial score (nSPS) is 19.7. The number of hydrogen-bond acceptors (Lipinski definition) is 4. The Balaban J connectivity index is 1.72. The third-order valence-electron chi connectivity index (χ3n) is 4.65. The summed E-state index contributed by atoms with van der Waals surface area (Å²) in [6, 6.07) is 2.66. The van der Waals surface area contributed by atoms with Crippen molar-refractivity contribution in [2.75, 3.05) is 6.54 Å². The van der Waals surface area contributed by atoms with Gasteiger partial charge in [0, 0.05) is 11.7 Å². The molecule has 5 nitrogen and oxygen atoms in total. The molecule has 1 fully saturated rings. The van der Waals surface area contributed by atoms with E-state index in [9.17, 15) is 0 Å². The Morgan fingerprint density at radius 3 is 2.68 bits per heavy atom. The molecule has 0 radical (unpaired) electrons. The molecular formula is C17H26N4O. The number of piperidine rings is 1. The topological polar surface area (TPSA) is 47.1 Å². The van der Waals surface area contributed by atoms with Gasteiger partial charge in [-0.3, -0.25) is 9.58 Å². The zero-order valence-electron chi connectivity index (χ0n) is 14.1. The molecule has 5 heteroatoms. The Kier molecular flexibility index (Phi) is 4.34. The highest BCUT2D eigenvalue weighted by Crippen LogP contribution is 2.22. The number of nitrogens with zero attached hydrogens (tertiary/aromatic N) is 4. The summed E-state index contributed by atoms with van der Waals surface area (Å²) in [5.41, 5.74) is 3.34. The lowest BCUT2D eigenvalue weighted by molar-refractivity contribution is 0.110. The van der Waals surface area contributed by atoms with Crippen LogP contribution in [-0.4, -0.2) is 32.3 Å². The molecule has 0 aliphatic carbocycles. The van der Waals surface area contributed by atoms with Crippen molar-refractivity contribution in [1.82, 2.24) is 19.7 Å². The van der Waals surface area contributed by atoms with E-state index in [1.165, 1.54) is 25.0 Å². The second-order valence-electron chi connectivity index (χ2n) is 6.48. The van der Waals surface area contributed by atoms with Crippen LogP contribution in [0.15, 0.2) is 10.5 Å². The second-order valence-corrected chi connectivity index (χ2v) is 6.48. The summed E-state index contributed by atoms with van der Waals surface area (Å²) in [5, 5.41) is 4.61. The van der Waals surface area contributed by atoms with E-state index in [4.69, 9.17) is 4.42 Å². The highest BCUT2D eigenvalue weighted by Gasteiger charge is 2.25. The fraction of sp³-hybridized carbons (Fsp3) is 0.647. The lowest BCUT2D eigenvalue weighted by Gasteiger charge is -2.35. The maximum absolute atomic E-state index is 5.77. The lowest BCUT2D eigenvalue weighted by Crippen LogP contribution is -2.42. The summed E-state index contributed by atoms with van der Waals surface area (Å²) in [6.45, 7) is 11.1. The molecule has 0 aromatic carbocycles. The Labute approximate surface area is 132 Å². The molecule has 0 amide bonds. The van der Waals surface area contributed by atoms with E-state index in [1.807, 2.05) is 13.8 Å². The largest absolute Gasteiger partial charge is 0.444 e. The molecule has 22 heavy (non-hydrogen) atoms. The van der Waals surface area contributed by atoms with Crippen LogP contribution in [0.1, 0.15) is 48.0 Å². The average Bonchev–Trinajstić information content (AvgIpc) is 2.94. The number of likely N-dealkylation sites (tertiary alicyclic amines) is 1. The molecule has 1 aliphatic heterocycles. The predicted molar refractivity (Wildman–Crippen MR) is 85.7 cm³/mol. The molecule has 0 spiro atoms. The number of hydrogen-bond donors (Lipinski definition) is 0. The smallest absolute Gasteiger partial charge is 0.208 e. The summed E-state index contributed by atoms with van der Waals surface area (Å²) in [4.78, 5) is 7.04. The summed E-state index contributed by atoms with van der Waals surface area (Å²) < 4.78 is 7.91. The first kappa shape index (κ1) is 15.3. The van der Waals surface area contributed by atoms with Crippen LogP contribution >= 0.6 is 0 Å². The molecule has 0 N–H and O–H groups in total. The minimum Gasteiger partial charge on any atom is -0.444 e. The van der Waals surface area contributed by atoms with Crippen LogP contribution in [0.5, 0.6) is 0 Å². The molecule has 0 saturated carbocycles. The van der Waals surface area contributed by atoms with E-state index in [-0.39, 0.29) is 0 Å². The van der Waals surface area contributed by atoms with Crippen molar-refractivity contribution in [3.8, 4) is 0 Å². The summed E-state index contributed by atoms with van der Waals surface area (Å²) >= 11 is 0. The van der Waals surface area contributed by atoms with E-state index in [1.54, 1.807) is 0 Å². The van der Waals surface area contributed by atoms with E-state index in [0.717, 1.165) is 42.7 Å². The number of oxazole rings is 1. The van der Waals surface area contributed by atoms with Crippen molar-refractivity contribution in [2.45, 2.75) is 66.1 Å². The van der Waals surface area contributed by atoms with Gasteiger partial charge < -0.3 is 4.42 Å². The van der Waals surface area contributed by atoms with Crippen LogP contribution in [-0.2, 0) is 13.1 Å². The molecule has 2 aromatic heterocycles. The van der Waals surface area contributed by atoms with Gasteiger partial charge in [-0.2, -0.15) is 5.10 Å². The first-order valence-corrected chi connectivity index (χ1v) is 8.21. The zero-order valence-corrected chi connectivity index (χ0v) is 14.1. The van der Waals surface area contributed by atoms with Crippen LogP contribution in [0, 0.1) is 27.7 Å². The molecule has 1 atom stereocenters. The molecular weight excluding hydrogens is 276 g/mol. The highest BCUT2D eigenvalue weighted by atomic mass is 16.4. The molecule has 3 heterocycles. The standard InChI is InChI=1S/C17H26N4O/c1-12-9-13(2)21(19-12)10-16-7-5-6-8-20(16)11-17-18-14(3)15(4)22-17/h9,16H,5-8,10-11H2,1-4H3. The van der Waals surface area contributed by atoms with Gasteiger partial charge in [0.25, 0.3) is 0 Å². The first-order valence-electron chi connectivity index (χ1n) is 8.21. The van der Waals surface area contributed by atoms with Gasteiger partial charge in [-0.25, -0.2) is 4.98 Å². The zero-order chi connectivity index (χ0) is 15.7. The van der Waals surface area contributed by atoms with Gasteiger partial charge >= 0.3 is 0 Å². The predicted octanol–water partition coefficient (Wildman–Crippen LogP) is 3.16. The van der Waals surface area contributed by atoms with Crippen LogP contribution in [0.2, 0.25) is 0 Å². The maximum atomic E-state index is 5.77. The number of aromatic nitrogens is 3. The Morgan fingerprint density at radius 1 is 1.23 bits per heavy atom.